The number of rotatable bonds is 2. The molecule has 0 heterocycles. The number of carbonyl (C=O) groups excluding carboxylic acids is 1. The van der Waals surface area contributed by atoms with Gasteiger partial charge in [0.1, 0.15) is 0 Å². The van der Waals surface area contributed by atoms with Crippen molar-refractivity contribution in [1.82, 2.24) is 0 Å². The molecule has 2 aromatic carbocycles. The summed E-state index contributed by atoms with van der Waals surface area (Å²) in [6.45, 7) is 0. The number of halogens is 5. The van der Waals surface area contributed by atoms with Crippen LogP contribution in [0.25, 0.3) is 0 Å². The highest BCUT2D eigenvalue weighted by Gasteiger charge is 2.36. The van der Waals surface area contributed by atoms with Gasteiger partial charge in [-0.3, -0.25) is 0 Å². The SMILES string of the molecule is O=C(N(Cl)c1ccccc1)N(Cl)c1ccccc1C(F)(F)F. The van der Waals surface area contributed by atoms with Crippen molar-refractivity contribution in [1.29, 1.82) is 0 Å². The van der Waals surface area contributed by atoms with E-state index in [9.17, 15) is 18.0 Å². The Bertz CT molecular complexity index is 665. The highest BCUT2D eigenvalue weighted by molar-refractivity contribution is 6.46. The number of hydrogen-bond donors (Lipinski definition) is 0. The summed E-state index contributed by atoms with van der Waals surface area (Å²) in [4.78, 5) is 12.1. The first kappa shape index (κ1) is 16.5. The van der Waals surface area contributed by atoms with E-state index < -0.39 is 23.5 Å². The summed E-state index contributed by atoms with van der Waals surface area (Å²) in [7, 11) is 0. The van der Waals surface area contributed by atoms with E-state index >= 15 is 0 Å². The summed E-state index contributed by atoms with van der Waals surface area (Å²) < 4.78 is 39.8. The number of benzene rings is 2. The average molecular weight is 349 g/mol. The van der Waals surface area contributed by atoms with Crippen molar-refractivity contribution >= 4 is 41.0 Å². The molecule has 2 rings (SSSR count). The van der Waals surface area contributed by atoms with Crippen molar-refractivity contribution in [3.8, 4) is 0 Å². The third kappa shape index (κ3) is 3.45. The van der Waals surface area contributed by atoms with Gasteiger partial charge in [-0.2, -0.15) is 13.2 Å². The summed E-state index contributed by atoms with van der Waals surface area (Å²) in [5.41, 5.74) is -1.25. The number of urea groups is 1. The summed E-state index contributed by atoms with van der Waals surface area (Å²) in [6, 6.07) is 11.4. The molecule has 0 fully saturated rings. The van der Waals surface area contributed by atoms with Crippen molar-refractivity contribution < 1.29 is 18.0 Å². The van der Waals surface area contributed by atoms with Crippen LogP contribution >= 0.6 is 23.6 Å². The molecule has 0 spiro atoms. The quantitative estimate of drug-likeness (QED) is 0.662. The zero-order valence-electron chi connectivity index (χ0n) is 10.9. The summed E-state index contributed by atoms with van der Waals surface area (Å²) in [6.07, 6.45) is -4.64. The Labute approximate surface area is 134 Å². The van der Waals surface area contributed by atoms with Crippen LogP contribution < -0.4 is 8.84 Å². The zero-order valence-corrected chi connectivity index (χ0v) is 12.4. The first-order chi connectivity index (χ1) is 10.3. The van der Waals surface area contributed by atoms with Crippen molar-refractivity contribution in [3.05, 3.63) is 60.2 Å². The molecule has 0 aromatic heterocycles. The van der Waals surface area contributed by atoms with E-state index in [1.165, 1.54) is 24.3 Å². The van der Waals surface area contributed by atoms with Crippen molar-refractivity contribution in [3.63, 3.8) is 0 Å². The molecule has 22 heavy (non-hydrogen) atoms. The predicted octanol–water partition coefficient (Wildman–Crippen LogP) is 5.45. The van der Waals surface area contributed by atoms with E-state index in [0.717, 1.165) is 12.1 Å². The lowest BCUT2D eigenvalue weighted by Gasteiger charge is -2.22. The van der Waals surface area contributed by atoms with Gasteiger partial charge in [-0.15, -0.1) is 0 Å². The molecule has 0 N–H and O–H groups in total. The average Bonchev–Trinajstić information content (AvgIpc) is 2.52. The minimum absolute atomic E-state index is 0.282. The van der Waals surface area contributed by atoms with Crippen LogP contribution in [-0.4, -0.2) is 6.03 Å². The number of nitrogens with zero attached hydrogens (tertiary/aromatic N) is 2. The Kier molecular flexibility index (Phi) is 4.83. The van der Waals surface area contributed by atoms with E-state index in [2.05, 4.69) is 0 Å². The van der Waals surface area contributed by atoms with Gasteiger partial charge >= 0.3 is 12.2 Å². The fraction of sp³-hybridized carbons (Fsp3) is 0.0714. The number of carbonyl (C=O) groups is 1. The predicted molar refractivity (Wildman–Crippen MR) is 79.9 cm³/mol. The van der Waals surface area contributed by atoms with Crippen LogP contribution in [-0.2, 0) is 6.18 Å². The Balaban J connectivity index is 2.33. The minimum Gasteiger partial charge on any atom is -0.245 e. The van der Waals surface area contributed by atoms with Crippen molar-refractivity contribution in [2.45, 2.75) is 6.18 Å². The van der Waals surface area contributed by atoms with Gasteiger partial charge in [0.05, 0.1) is 16.9 Å². The third-order valence-electron chi connectivity index (χ3n) is 2.74. The highest BCUT2D eigenvalue weighted by atomic mass is 35.5. The van der Waals surface area contributed by atoms with Gasteiger partial charge in [-0.1, -0.05) is 30.3 Å². The normalized spacial score (nSPS) is 11.1. The Hall–Kier alpha value is -1.92. The molecule has 0 saturated heterocycles. The standard InChI is InChI=1S/C14H9Cl2F3N2O/c15-20(10-6-2-1-3-7-10)13(22)21(16)12-9-5-4-8-11(12)14(17,18)19/h1-9H. The smallest absolute Gasteiger partial charge is 0.245 e. The molecule has 116 valence electrons. The fourth-order valence-electron chi connectivity index (χ4n) is 1.73. The minimum atomic E-state index is -4.64. The number of anilines is 2. The number of para-hydroxylation sites is 2. The monoisotopic (exact) mass is 348 g/mol. The van der Waals surface area contributed by atoms with Gasteiger partial charge < -0.3 is 0 Å². The largest absolute Gasteiger partial charge is 0.418 e. The first-order valence-corrected chi connectivity index (χ1v) is 6.67. The van der Waals surface area contributed by atoms with E-state index in [1.54, 1.807) is 18.2 Å². The molecule has 2 aromatic rings. The molecular weight excluding hydrogens is 340 g/mol. The molecule has 0 radical (unpaired) electrons. The maximum Gasteiger partial charge on any atom is 0.418 e. The van der Waals surface area contributed by atoms with Crippen LogP contribution in [0.5, 0.6) is 0 Å². The molecule has 0 saturated carbocycles. The van der Waals surface area contributed by atoms with Crippen molar-refractivity contribution in [2.75, 3.05) is 8.84 Å². The molecule has 2 amide bonds. The lowest BCUT2D eigenvalue weighted by atomic mass is 10.1. The van der Waals surface area contributed by atoms with Gasteiger partial charge in [0.15, 0.2) is 0 Å². The Morgan fingerprint density at radius 1 is 0.864 bits per heavy atom. The van der Waals surface area contributed by atoms with Gasteiger partial charge in [0, 0.05) is 23.6 Å². The summed E-state index contributed by atoms with van der Waals surface area (Å²) in [5.74, 6) is 0. The maximum absolute atomic E-state index is 13.0. The molecule has 0 atom stereocenters. The van der Waals surface area contributed by atoms with Crippen molar-refractivity contribution in [2.24, 2.45) is 0 Å². The van der Waals surface area contributed by atoms with Crippen LogP contribution in [0.3, 0.4) is 0 Å². The highest BCUT2D eigenvalue weighted by Crippen LogP contribution is 2.37. The lowest BCUT2D eigenvalue weighted by Crippen LogP contribution is -2.33. The maximum atomic E-state index is 13.0. The number of hydrogen-bond acceptors (Lipinski definition) is 1. The molecular formula is C14H9Cl2F3N2O. The molecule has 0 bridgehead atoms. The zero-order chi connectivity index (χ0) is 16.3. The van der Waals surface area contributed by atoms with E-state index in [0.29, 0.717) is 8.84 Å². The second-order valence-corrected chi connectivity index (χ2v) is 4.87. The molecule has 3 nitrogen and oxygen atoms in total. The molecule has 0 aliphatic carbocycles. The van der Waals surface area contributed by atoms with Crippen LogP contribution in [0.2, 0.25) is 0 Å². The third-order valence-corrected chi connectivity index (χ3v) is 3.41. The Morgan fingerprint density at radius 3 is 2.00 bits per heavy atom. The van der Waals surface area contributed by atoms with Crippen LogP contribution in [0.1, 0.15) is 5.56 Å². The van der Waals surface area contributed by atoms with Crippen LogP contribution in [0, 0.1) is 0 Å². The number of alkyl halides is 3. The van der Waals surface area contributed by atoms with Gasteiger partial charge in [0.2, 0.25) is 0 Å². The molecule has 0 aliphatic heterocycles. The molecule has 8 heteroatoms. The molecule has 0 aliphatic rings. The van der Waals surface area contributed by atoms with E-state index in [4.69, 9.17) is 23.6 Å². The topological polar surface area (TPSA) is 23.6 Å². The summed E-state index contributed by atoms with van der Waals surface area (Å²) >= 11 is 11.6. The van der Waals surface area contributed by atoms with Gasteiger partial charge in [-0.25, -0.2) is 13.6 Å². The number of amides is 2. The fourth-order valence-corrected chi connectivity index (χ4v) is 2.18. The first-order valence-electron chi connectivity index (χ1n) is 5.99. The Morgan fingerprint density at radius 2 is 1.41 bits per heavy atom. The second kappa shape index (κ2) is 6.46. The lowest BCUT2D eigenvalue weighted by molar-refractivity contribution is -0.137. The van der Waals surface area contributed by atoms with Crippen LogP contribution in [0.4, 0.5) is 29.3 Å². The van der Waals surface area contributed by atoms with Gasteiger partial charge in [0.25, 0.3) is 0 Å². The second-order valence-electron chi connectivity index (χ2n) is 4.19. The molecule has 0 unspecified atom stereocenters. The van der Waals surface area contributed by atoms with E-state index in [-0.39, 0.29) is 5.69 Å². The summed E-state index contributed by atoms with van der Waals surface area (Å²) in [5, 5.41) is 0. The van der Waals surface area contributed by atoms with Gasteiger partial charge in [-0.05, 0) is 24.3 Å². The van der Waals surface area contributed by atoms with Crippen LogP contribution in [0.15, 0.2) is 54.6 Å². The van der Waals surface area contributed by atoms with E-state index in [1.807, 2.05) is 0 Å².